The summed E-state index contributed by atoms with van der Waals surface area (Å²) in [5.41, 5.74) is 6.91. The molecule has 1 aromatic carbocycles. The maximum absolute atomic E-state index is 11.7. The van der Waals surface area contributed by atoms with E-state index < -0.39 is 0 Å². The number of benzene rings is 1. The zero-order valence-corrected chi connectivity index (χ0v) is 8.58. The number of rotatable bonds is 4. The van der Waals surface area contributed by atoms with Gasteiger partial charge in [-0.3, -0.25) is 4.79 Å². The Hall–Kier alpha value is -1.35. The van der Waals surface area contributed by atoms with Crippen LogP contribution in [0.2, 0.25) is 0 Å². The predicted octanol–water partition coefficient (Wildman–Crippen LogP) is 1.45. The van der Waals surface area contributed by atoms with Gasteiger partial charge in [0.05, 0.1) is 6.04 Å². The summed E-state index contributed by atoms with van der Waals surface area (Å²) in [5, 5.41) is 3.08. The smallest absolute Gasteiger partial charge is 0.179 e. The molecule has 0 saturated heterocycles. The van der Waals surface area contributed by atoms with E-state index in [4.69, 9.17) is 5.73 Å². The van der Waals surface area contributed by atoms with Crippen molar-refractivity contribution in [1.82, 2.24) is 5.32 Å². The molecule has 3 nitrogen and oxygen atoms in total. The molecule has 0 fully saturated rings. The fourth-order valence-electron chi connectivity index (χ4n) is 1.30. The van der Waals surface area contributed by atoms with Gasteiger partial charge in [-0.2, -0.15) is 0 Å². The molecular formula is C11H16N2O. The fraction of sp³-hybridized carbons (Fsp3) is 0.364. The van der Waals surface area contributed by atoms with Crippen molar-refractivity contribution in [3.05, 3.63) is 29.8 Å². The molecule has 0 bridgehead atoms. The second-order valence-corrected chi connectivity index (χ2v) is 3.27. The summed E-state index contributed by atoms with van der Waals surface area (Å²) < 4.78 is 0. The van der Waals surface area contributed by atoms with Crippen molar-refractivity contribution in [3.8, 4) is 0 Å². The van der Waals surface area contributed by atoms with E-state index in [0.717, 1.165) is 6.54 Å². The molecule has 0 radical (unpaired) electrons. The highest BCUT2D eigenvalue weighted by molar-refractivity contribution is 6.00. The highest BCUT2D eigenvalue weighted by Crippen LogP contribution is 2.07. The zero-order valence-electron chi connectivity index (χ0n) is 8.58. The van der Waals surface area contributed by atoms with E-state index in [1.807, 2.05) is 13.8 Å². The Morgan fingerprint density at radius 2 is 2.00 bits per heavy atom. The monoisotopic (exact) mass is 192 g/mol. The third kappa shape index (κ3) is 2.57. The largest absolute Gasteiger partial charge is 0.399 e. The maximum atomic E-state index is 11.7. The minimum absolute atomic E-state index is 0.104. The van der Waals surface area contributed by atoms with Crippen molar-refractivity contribution in [2.45, 2.75) is 19.9 Å². The van der Waals surface area contributed by atoms with E-state index in [1.54, 1.807) is 24.3 Å². The van der Waals surface area contributed by atoms with Crippen LogP contribution in [0, 0.1) is 0 Å². The first-order valence-corrected chi connectivity index (χ1v) is 4.78. The van der Waals surface area contributed by atoms with Crippen LogP contribution < -0.4 is 11.1 Å². The van der Waals surface area contributed by atoms with Gasteiger partial charge < -0.3 is 11.1 Å². The summed E-state index contributed by atoms with van der Waals surface area (Å²) in [6, 6.07) is 6.86. The van der Waals surface area contributed by atoms with Gasteiger partial charge in [-0.15, -0.1) is 0 Å². The lowest BCUT2D eigenvalue weighted by atomic mass is 10.1. The summed E-state index contributed by atoms with van der Waals surface area (Å²) >= 11 is 0. The van der Waals surface area contributed by atoms with Crippen molar-refractivity contribution in [2.75, 3.05) is 12.3 Å². The number of anilines is 1. The van der Waals surface area contributed by atoms with Gasteiger partial charge in [0.1, 0.15) is 0 Å². The number of carbonyl (C=O) groups is 1. The van der Waals surface area contributed by atoms with Crippen molar-refractivity contribution >= 4 is 11.5 Å². The number of nitrogen functional groups attached to an aromatic ring is 1. The van der Waals surface area contributed by atoms with Crippen molar-refractivity contribution < 1.29 is 4.79 Å². The molecule has 0 aliphatic heterocycles. The molecule has 0 saturated carbocycles. The van der Waals surface area contributed by atoms with Gasteiger partial charge in [0.25, 0.3) is 0 Å². The molecule has 0 aliphatic carbocycles. The number of hydrogen-bond acceptors (Lipinski definition) is 3. The summed E-state index contributed by atoms with van der Waals surface area (Å²) in [5.74, 6) is 0.104. The molecule has 3 heteroatoms. The molecule has 14 heavy (non-hydrogen) atoms. The van der Waals surface area contributed by atoms with E-state index in [9.17, 15) is 4.79 Å². The van der Waals surface area contributed by atoms with Gasteiger partial charge in [-0.25, -0.2) is 0 Å². The molecule has 0 aliphatic rings. The Kier molecular flexibility index (Phi) is 3.65. The number of nitrogens with one attached hydrogen (secondary N) is 1. The molecule has 76 valence electrons. The van der Waals surface area contributed by atoms with Gasteiger partial charge in [0.2, 0.25) is 0 Å². The molecule has 1 atom stereocenters. The Morgan fingerprint density at radius 1 is 1.43 bits per heavy atom. The third-order valence-corrected chi connectivity index (χ3v) is 2.10. The average Bonchev–Trinajstić information content (AvgIpc) is 2.18. The standard InChI is InChI=1S/C11H16N2O/c1-3-13-8(2)11(14)9-4-6-10(12)7-5-9/h4-8,13H,3,12H2,1-2H3. The van der Waals surface area contributed by atoms with Crippen LogP contribution in [-0.2, 0) is 0 Å². The molecule has 1 unspecified atom stereocenters. The van der Waals surface area contributed by atoms with Crippen molar-refractivity contribution in [2.24, 2.45) is 0 Å². The van der Waals surface area contributed by atoms with Crippen LogP contribution in [0.1, 0.15) is 24.2 Å². The molecule has 3 N–H and O–H groups in total. The fourth-order valence-corrected chi connectivity index (χ4v) is 1.30. The van der Waals surface area contributed by atoms with Crippen LogP contribution in [-0.4, -0.2) is 18.4 Å². The minimum atomic E-state index is -0.136. The van der Waals surface area contributed by atoms with E-state index in [-0.39, 0.29) is 11.8 Å². The van der Waals surface area contributed by atoms with Gasteiger partial charge in [0.15, 0.2) is 5.78 Å². The predicted molar refractivity (Wildman–Crippen MR) is 58.3 cm³/mol. The minimum Gasteiger partial charge on any atom is -0.399 e. The number of hydrogen-bond donors (Lipinski definition) is 2. The molecule has 0 heterocycles. The van der Waals surface area contributed by atoms with Crippen LogP contribution >= 0.6 is 0 Å². The maximum Gasteiger partial charge on any atom is 0.179 e. The topological polar surface area (TPSA) is 55.1 Å². The van der Waals surface area contributed by atoms with Gasteiger partial charge >= 0.3 is 0 Å². The lowest BCUT2D eigenvalue weighted by molar-refractivity contribution is 0.0952. The molecule has 0 spiro atoms. The Labute approximate surface area is 84.3 Å². The van der Waals surface area contributed by atoms with Gasteiger partial charge in [-0.1, -0.05) is 6.92 Å². The van der Waals surface area contributed by atoms with Crippen molar-refractivity contribution in [1.29, 1.82) is 0 Å². The van der Waals surface area contributed by atoms with Crippen LogP contribution in [0.3, 0.4) is 0 Å². The number of nitrogens with two attached hydrogens (primary N) is 1. The van der Waals surface area contributed by atoms with Crippen LogP contribution in [0.25, 0.3) is 0 Å². The van der Waals surface area contributed by atoms with E-state index >= 15 is 0 Å². The first-order valence-electron chi connectivity index (χ1n) is 4.78. The average molecular weight is 192 g/mol. The van der Waals surface area contributed by atoms with Gasteiger partial charge in [0, 0.05) is 11.3 Å². The van der Waals surface area contributed by atoms with Crippen LogP contribution in [0.4, 0.5) is 5.69 Å². The highest BCUT2D eigenvalue weighted by Gasteiger charge is 2.12. The first-order chi connectivity index (χ1) is 6.65. The van der Waals surface area contributed by atoms with E-state index in [0.29, 0.717) is 11.3 Å². The normalized spacial score (nSPS) is 12.4. The third-order valence-electron chi connectivity index (χ3n) is 2.10. The molecule has 1 rings (SSSR count). The van der Waals surface area contributed by atoms with Crippen LogP contribution in [0.5, 0.6) is 0 Å². The summed E-state index contributed by atoms with van der Waals surface area (Å²) in [4.78, 5) is 11.7. The summed E-state index contributed by atoms with van der Waals surface area (Å²) in [7, 11) is 0. The highest BCUT2D eigenvalue weighted by atomic mass is 16.1. The van der Waals surface area contributed by atoms with Gasteiger partial charge in [-0.05, 0) is 37.7 Å². The zero-order chi connectivity index (χ0) is 10.6. The number of ketones is 1. The van der Waals surface area contributed by atoms with Crippen LogP contribution in [0.15, 0.2) is 24.3 Å². The second kappa shape index (κ2) is 4.77. The quantitative estimate of drug-likeness (QED) is 0.560. The molecular weight excluding hydrogens is 176 g/mol. The SMILES string of the molecule is CCNC(C)C(=O)c1ccc(N)cc1. The number of carbonyl (C=O) groups excluding carboxylic acids is 1. The Morgan fingerprint density at radius 3 is 2.50 bits per heavy atom. The Bertz CT molecular complexity index is 306. The number of Topliss-reactive ketones (excluding diaryl/α,β-unsaturated/α-hetero) is 1. The summed E-state index contributed by atoms with van der Waals surface area (Å²) in [6.07, 6.45) is 0. The van der Waals surface area contributed by atoms with E-state index in [2.05, 4.69) is 5.32 Å². The summed E-state index contributed by atoms with van der Waals surface area (Å²) in [6.45, 7) is 4.64. The molecule has 0 amide bonds. The number of likely N-dealkylation sites (N-methyl/N-ethyl adjacent to an activating group) is 1. The lowest BCUT2D eigenvalue weighted by Crippen LogP contribution is -2.33. The molecule has 1 aromatic rings. The first kappa shape index (κ1) is 10.7. The van der Waals surface area contributed by atoms with Crippen molar-refractivity contribution in [3.63, 3.8) is 0 Å². The van der Waals surface area contributed by atoms with E-state index in [1.165, 1.54) is 0 Å². The second-order valence-electron chi connectivity index (χ2n) is 3.27. The molecule has 0 aromatic heterocycles. The Balaban J connectivity index is 2.74. The lowest BCUT2D eigenvalue weighted by Gasteiger charge is -2.10.